The van der Waals surface area contributed by atoms with Crippen molar-refractivity contribution in [1.29, 1.82) is 0 Å². The first-order chi connectivity index (χ1) is 16.7. The number of amides is 2. The Morgan fingerprint density at radius 3 is 2.71 bits per heavy atom. The van der Waals surface area contributed by atoms with Gasteiger partial charge in [-0.15, -0.1) is 13.2 Å². The molecule has 2 fully saturated rings. The second-order valence-corrected chi connectivity index (χ2v) is 9.25. The average Bonchev–Trinajstić information content (AvgIpc) is 3.37. The Morgan fingerprint density at radius 2 is 2.00 bits per heavy atom. The van der Waals surface area contributed by atoms with Gasteiger partial charge in [-0.1, -0.05) is 11.6 Å². The van der Waals surface area contributed by atoms with Crippen molar-refractivity contribution in [3.05, 3.63) is 53.4 Å². The molecule has 35 heavy (non-hydrogen) atoms. The molecular weight excluding hydrogens is 487 g/mol. The Hall–Kier alpha value is -3.34. The van der Waals surface area contributed by atoms with Crippen molar-refractivity contribution < 1.29 is 27.5 Å². The van der Waals surface area contributed by atoms with Crippen molar-refractivity contribution in [3.8, 4) is 5.75 Å². The molecule has 1 aromatic carbocycles. The number of nitrogens with zero attached hydrogens (tertiary/aromatic N) is 4. The summed E-state index contributed by atoms with van der Waals surface area (Å²) >= 11 is 6.20. The summed E-state index contributed by atoms with van der Waals surface area (Å²) in [6, 6.07) is 5.22. The van der Waals surface area contributed by atoms with Crippen molar-refractivity contribution in [2.45, 2.75) is 44.5 Å². The second kappa shape index (κ2) is 8.71. The molecule has 12 heteroatoms. The van der Waals surface area contributed by atoms with Crippen LogP contribution in [0.1, 0.15) is 42.5 Å². The molecule has 2 amide bonds. The van der Waals surface area contributed by atoms with Gasteiger partial charge in [-0.2, -0.15) is 5.10 Å². The highest BCUT2D eigenvalue weighted by atomic mass is 35.5. The highest BCUT2D eigenvalue weighted by Gasteiger charge is 2.49. The second-order valence-electron chi connectivity index (χ2n) is 8.84. The van der Waals surface area contributed by atoms with Gasteiger partial charge in [0.15, 0.2) is 5.65 Å². The number of alkyl halides is 3. The Kier molecular flexibility index (Phi) is 5.82. The largest absolute Gasteiger partial charge is 0.573 e. The summed E-state index contributed by atoms with van der Waals surface area (Å²) in [6.45, 7) is 0.420. The van der Waals surface area contributed by atoms with Gasteiger partial charge < -0.3 is 15.0 Å². The molecular formula is C23H21ClF3N5O3. The first kappa shape index (κ1) is 23.4. The van der Waals surface area contributed by atoms with E-state index in [1.54, 1.807) is 18.5 Å². The van der Waals surface area contributed by atoms with E-state index in [4.69, 9.17) is 11.6 Å². The van der Waals surface area contributed by atoms with Gasteiger partial charge in [0.05, 0.1) is 22.3 Å². The van der Waals surface area contributed by atoms with Crippen LogP contribution < -0.4 is 15.0 Å². The quantitative estimate of drug-likeness (QED) is 0.566. The first-order valence-electron chi connectivity index (χ1n) is 11.1. The fourth-order valence-corrected chi connectivity index (χ4v) is 5.26. The predicted octanol–water partition coefficient (Wildman–Crippen LogP) is 4.38. The number of benzene rings is 1. The number of aromatic nitrogens is 3. The number of hydrogen-bond donors (Lipinski definition) is 1. The topological polar surface area (TPSA) is 88.8 Å². The summed E-state index contributed by atoms with van der Waals surface area (Å²) in [6.07, 6.45) is 3.02. The minimum absolute atomic E-state index is 0.0140. The number of anilines is 1. The molecule has 1 saturated heterocycles. The maximum Gasteiger partial charge on any atom is 0.573 e. The van der Waals surface area contributed by atoms with Crippen LogP contribution in [-0.4, -0.2) is 45.4 Å². The van der Waals surface area contributed by atoms with E-state index in [1.807, 2.05) is 0 Å². The summed E-state index contributed by atoms with van der Waals surface area (Å²) in [5, 5.41) is 7.18. The van der Waals surface area contributed by atoms with Crippen molar-refractivity contribution >= 4 is 34.7 Å². The van der Waals surface area contributed by atoms with Crippen LogP contribution in [0.25, 0.3) is 5.65 Å². The third kappa shape index (κ3) is 4.52. The van der Waals surface area contributed by atoms with Gasteiger partial charge in [-0.05, 0) is 50.3 Å². The number of carbonyl (C=O) groups is 2. The number of halogens is 4. The van der Waals surface area contributed by atoms with Gasteiger partial charge in [0.1, 0.15) is 11.3 Å². The van der Waals surface area contributed by atoms with Gasteiger partial charge >= 0.3 is 6.36 Å². The molecule has 2 aromatic heterocycles. The van der Waals surface area contributed by atoms with E-state index in [0.717, 1.165) is 12.1 Å². The number of carbonyl (C=O) groups excluding carboxylic acids is 2. The van der Waals surface area contributed by atoms with E-state index in [1.165, 1.54) is 21.7 Å². The summed E-state index contributed by atoms with van der Waals surface area (Å²) < 4.78 is 42.8. The number of nitrogens with one attached hydrogen (secondary N) is 1. The fourth-order valence-electron chi connectivity index (χ4n) is 4.98. The van der Waals surface area contributed by atoms with Crippen LogP contribution in [0, 0.1) is 5.41 Å². The Bertz CT molecular complexity index is 1290. The van der Waals surface area contributed by atoms with E-state index in [0.29, 0.717) is 55.5 Å². The smallest absolute Gasteiger partial charge is 0.406 e. The lowest BCUT2D eigenvalue weighted by Gasteiger charge is -2.36. The average molecular weight is 508 g/mol. The van der Waals surface area contributed by atoms with Gasteiger partial charge in [-0.25, -0.2) is 9.50 Å². The summed E-state index contributed by atoms with van der Waals surface area (Å²) in [4.78, 5) is 31.9. The maximum atomic E-state index is 13.4. The zero-order valence-electron chi connectivity index (χ0n) is 18.4. The lowest BCUT2D eigenvalue weighted by atomic mass is 9.71. The van der Waals surface area contributed by atoms with Crippen LogP contribution in [0.2, 0.25) is 5.02 Å². The standard InChI is InChI=1S/C23H21ClF3N5O3/c24-17-12-15(35-23(25,26)27)2-3-18(17)31-11-8-22(21(31)34)6-4-14(5-7-22)30-20(33)16-13-29-32-10-1-9-28-19(16)32/h1-3,9-10,12-14H,4-8,11H2,(H,30,33). The Balaban J connectivity index is 1.23. The minimum Gasteiger partial charge on any atom is -0.406 e. The number of fused-ring (bicyclic) bond motifs is 1. The highest BCUT2D eigenvalue weighted by molar-refractivity contribution is 6.34. The molecule has 2 aliphatic rings. The minimum atomic E-state index is -4.83. The van der Waals surface area contributed by atoms with Gasteiger partial charge in [0.25, 0.3) is 5.91 Å². The van der Waals surface area contributed by atoms with Crippen molar-refractivity contribution in [3.63, 3.8) is 0 Å². The van der Waals surface area contributed by atoms with Crippen LogP contribution in [0.4, 0.5) is 18.9 Å². The van der Waals surface area contributed by atoms with Gasteiger partial charge in [-0.3, -0.25) is 9.59 Å². The third-order valence-corrected chi connectivity index (χ3v) is 7.06. The summed E-state index contributed by atoms with van der Waals surface area (Å²) in [7, 11) is 0. The Morgan fingerprint density at radius 1 is 1.23 bits per heavy atom. The molecule has 1 aliphatic carbocycles. The molecule has 0 atom stereocenters. The maximum absolute atomic E-state index is 13.4. The van der Waals surface area contributed by atoms with Crippen molar-refractivity contribution in [2.24, 2.45) is 5.41 Å². The molecule has 5 rings (SSSR count). The molecule has 1 aliphatic heterocycles. The van der Waals surface area contributed by atoms with E-state index in [9.17, 15) is 22.8 Å². The molecule has 8 nitrogen and oxygen atoms in total. The molecule has 0 bridgehead atoms. The normalized spacial score (nSPS) is 22.7. The fraction of sp³-hybridized carbons (Fsp3) is 0.391. The zero-order chi connectivity index (χ0) is 24.8. The van der Waals surface area contributed by atoms with E-state index >= 15 is 0 Å². The molecule has 1 spiro atoms. The molecule has 184 valence electrons. The highest BCUT2D eigenvalue weighted by Crippen LogP contribution is 2.47. The van der Waals surface area contributed by atoms with Crippen LogP contribution >= 0.6 is 11.6 Å². The first-order valence-corrected chi connectivity index (χ1v) is 11.5. The molecule has 3 aromatic rings. The lowest BCUT2D eigenvalue weighted by Crippen LogP contribution is -2.43. The van der Waals surface area contributed by atoms with Crippen LogP contribution in [-0.2, 0) is 4.79 Å². The van der Waals surface area contributed by atoms with E-state index in [-0.39, 0.29) is 22.9 Å². The summed E-state index contributed by atoms with van der Waals surface area (Å²) in [5.74, 6) is -0.794. The van der Waals surface area contributed by atoms with Gasteiger partial charge in [0.2, 0.25) is 5.91 Å². The number of hydrogen-bond acceptors (Lipinski definition) is 5. The third-order valence-electron chi connectivity index (χ3n) is 6.76. The molecule has 1 saturated carbocycles. The van der Waals surface area contributed by atoms with Crippen molar-refractivity contribution in [1.82, 2.24) is 19.9 Å². The van der Waals surface area contributed by atoms with E-state index < -0.39 is 17.5 Å². The lowest BCUT2D eigenvalue weighted by molar-refractivity contribution is -0.274. The molecule has 1 N–H and O–H groups in total. The zero-order valence-corrected chi connectivity index (χ0v) is 19.1. The van der Waals surface area contributed by atoms with Crippen LogP contribution in [0.3, 0.4) is 0 Å². The molecule has 0 unspecified atom stereocenters. The van der Waals surface area contributed by atoms with Crippen LogP contribution in [0.5, 0.6) is 5.75 Å². The monoisotopic (exact) mass is 507 g/mol. The summed E-state index contributed by atoms with van der Waals surface area (Å²) in [5.41, 5.74) is 0.653. The number of rotatable bonds is 4. The van der Waals surface area contributed by atoms with Crippen LogP contribution in [0.15, 0.2) is 42.9 Å². The molecule has 0 radical (unpaired) electrons. The van der Waals surface area contributed by atoms with E-state index in [2.05, 4.69) is 20.1 Å². The van der Waals surface area contributed by atoms with Crippen molar-refractivity contribution in [2.75, 3.05) is 11.4 Å². The van der Waals surface area contributed by atoms with Gasteiger partial charge in [0, 0.05) is 31.0 Å². The SMILES string of the molecule is O=C(NC1CCC2(CC1)CCN(c1ccc(OC(F)(F)F)cc1Cl)C2=O)c1cnn2cccnc12. The predicted molar refractivity (Wildman–Crippen MR) is 120 cm³/mol. The molecule has 3 heterocycles. The Labute approximate surface area is 203 Å². The number of ether oxygens (including phenoxy) is 1.